The number of carbonyl (C=O) groups excluding carboxylic acids is 1. The van der Waals surface area contributed by atoms with Crippen LogP contribution in [0.15, 0.2) is 24.3 Å². The Labute approximate surface area is 122 Å². The number of benzene rings is 1. The fourth-order valence-corrected chi connectivity index (χ4v) is 2.54. The van der Waals surface area contributed by atoms with Crippen LogP contribution in [0.2, 0.25) is 0 Å². The number of carbonyl (C=O) groups is 1. The number of nitro benzene ring substituents is 1. The summed E-state index contributed by atoms with van der Waals surface area (Å²) in [6.45, 7) is 7.84. The van der Waals surface area contributed by atoms with Crippen LogP contribution in [0.4, 0.5) is 5.69 Å². The first-order valence-electron chi connectivity index (χ1n) is 6.68. The van der Waals surface area contributed by atoms with E-state index in [0.29, 0.717) is 5.56 Å². The molecule has 0 amide bonds. The van der Waals surface area contributed by atoms with E-state index in [9.17, 15) is 14.9 Å². The molecular formula is C15H17N3O3. The summed E-state index contributed by atoms with van der Waals surface area (Å²) in [7, 11) is 0. The average Bonchev–Trinajstić information content (AvgIpc) is 2.73. The maximum atomic E-state index is 12.5. The van der Waals surface area contributed by atoms with Gasteiger partial charge >= 0.3 is 0 Å². The first-order chi connectivity index (χ1) is 9.82. The summed E-state index contributed by atoms with van der Waals surface area (Å²) in [5.74, 6) is 0.000749. The predicted octanol–water partition coefficient (Wildman–Crippen LogP) is 3.22. The van der Waals surface area contributed by atoms with Crippen molar-refractivity contribution in [3.8, 4) is 0 Å². The summed E-state index contributed by atoms with van der Waals surface area (Å²) >= 11 is 0. The van der Waals surface area contributed by atoms with Gasteiger partial charge in [-0.1, -0.05) is 13.8 Å². The highest BCUT2D eigenvalue weighted by Crippen LogP contribution is 2.23. The number of non-ortho nitro benzene ring substituents is 1. The standard InChI is InChI=1S/C15H17N3O3/c1-9(2)14-10(3)16-17(11(14)4)15(19)12-5-7-13(8-6-12)18(20)21/h5-9H,1-4H3. The summed E-state index contributed by atoms with van der Waals surface area (Å²) in [4.78, 5) is 22.6. The summed E-state index contributed by atoms with van der Waals surface area (Å²) in [5, 5.41) is 14.9. The van der Waals surface area contributed by atoms with Crippen LogP contribution in [0.3, 0.4) is 0 Å². The first-order valence-corrected chi connectivity index (χ1v) is 6.68. The molecular weight excluding hydrogens is 270 g/mol. The van der Waals surface area contributed by atoms with Crippen LogP contribution in [0, 0.1) is 24.0 Å². The fourth-order valence-electron chi connectivity index (χ4n) is 2.54. The molecule has 0 fully saturated rings. The van der Waals surface area contributed by atoms with Gasteiger partial charge in [0.1, 0.15) is 0 Å². The van der Waals surface area contributed by atoms with Gasteiger partial charge in [-0.25, -0.2) is 4.68 Å². The Morgan fingerprint density at radius 1 is 1.24 bits per heavy atom. The molecule has 0 unspecified atom stereocenters. The molecule has 1 aromatic carbocycles. The second kappa shape index (κ2) is 5.47. The molecule has 2 rings (SSSR count). The monoisotopic (exact) mass is 287 g/mol. The van der Waals surface area contributed by atoms with E-state index >= 15 is 0 Å². The van der Waals surface area contributed by atoms with Gasteiger partial charge in [0.05, 0.1) is 10.6 Å². The Morgan fingerprint density at radius 3 is 2.24 bits per heavy atom. The molecule has 0 atom stereocenters. The zero-order valence-electron chi connectivity index (χ0n) is 12.5. The van der Waals surface area contributed by atoms with E-state index in [4.69, 9.17) is 0 Å². The number of nitrogens with zero attached hydrogens (tertiary/aromatic N) is 3. The fraction of sp³-hybridized carbons (Fsp3) is 0.333. The molecule has 0 aliphatic rings. The minimum Gasteiger partial charge on any atom is -0.267 e. The SMILES string of the molecule is Cc1nn(C(=O)c2ccc([N+](=O)[O-])cc2)c(C)c1C(C)C. The number of rotatable bonds is 3. The van der Waals surface area contributed by atoms with E-state index in [1.165, 1.54) is 28.9 Å². The van der Waals surface area contributed by atoms with E-state index in [0.717, 1.165) is 17.0 Å². The minimum atomic E-state index is -0.492. The van der Waals surface area contributed by atoms with Gasteiger partial charge in [-0.15, -0.1) is 0 Å². The lowest BCUT2D eigenvalue weighted by molar-refractivity contribution is -0.384. The number of hydrogen-bond acceptors (Lipinski definition) is 4. The Hall–Kier alpha value is -2.50. The van der Waals surface area contributed by atoms with Crippen LogP contribution >= 0.6 is 0 Å². The molecule has 2 aromatic rings. The lowest BCUT2D eigenvalue weighted by Gasteiger charge is -2.06. The molecule has 0 N–H and O–H groups in total. The molecule has 0 saturated heterocycles. The quantitative estimate of drug-likeness (QED) is 0.641. The van der Waals surface area contributed by atoms with Crippen molar-refractivity contribution in [1.82, 2.24) is 9.78 Å². The molecule has 21 heavy (non-hydrogen) atoms. The Morgan fingerprint density at radius 2 is 1.81 bits per heavy atom. The highest BCUT2D eigenvalue weighted by molar-refractivity contribution is 5.96. The lowest BCUT2D eigenvalue weighted by atomic mass is 10.0. The zero-order valence-corrected chi connectivity index (χ0v) is 12.5. The van der Waals surface area contributed by atoms with Crippen molar-refractivity contribution < 1.29 is 9.72 Å². The predicted molar refractivity (Wildman–Crippen MR) is 78.6 cm³/mol. The first kappa shape index (κ1) is 14.9. The van der Waals surface area contributed by atoms with Crippen molar-refractivity contribution in [1.29, 1.82) is 0 Å². The van der Waals surface area contributed by atoms with Crippen molar-refractivity contribution >= 4 is 11.6 Å². The minimum absolute atomic E-state index is 0.0391. The van der Waals surface area contributed by atoms with Crippen molar-refractivity contribution in [3.05, 3.63) is 56.9 Å². The zero-order chi connectivity index (χ0) is 15.7. The van der Waals surface area contributed by atoms with Gasteiger partial charge in [0.25, 0.3) is 11.6 Å². The number of nitro groups is 1. The van der Waals surface area contributed by atoms with Gasteiger partial charge in [-0.2, -0.15) is 5.10 Å². The molecule has 0 radical (unpaired) electrons. The summed E-state index contributed by atoms with van der Waals surface area (Å²) in [6, 6.07) is 5.54. The maximum Gasteiger partial charge on any atom is 0.278 e. The number of hydrogen-bond donors (Lipinski definition) is 0. The van der Waals surface area contributed by atoms with Crippen molar-refractivity contribution in [2.75, 3.05) is 0 Å². The molecule has 0 aliphatic carbocycles. The Kier molecular flexibility index (Phi) is 3.88. The third-order valence-electron chi connectivity index (χ3n) is 3.44. The molecule has 0 saturated carbocycles. The van der Waals surface area contributed by atoms with E-state index in [1.54, 1.807) is 0 Å². The summed E-state index contributed by atoms with van der Waals surface area (Å²) < 4.78 is 1.37. The second-order valence-electron chi connectivity index (χ2n) is 5.26. The van der Waals surface area contributed by atoms with Crippen LogP contribution in [-0.4, -0.2) is 20.6 Å². The molecule has 110 valence electrons. The molecule has 6 heteroatoms. The Bertz CT molecular complexity index is 700. The molecule has 0 aliphatic heterocycles. The van der Waals surface area contributed by atoms with Gasteiger partial charge < -0.3 is 0 Å². The highest BCUT2D eigenvalue weighted by Gasteiger charge is 2.20. The topological polar surface area (TPSA) is 78.0 Å². The largest absolute Gasteiger partial charge is 0.278 e. The van der Waals surface area contributed by atoms with Gasteiger partial charge in [-0.3, -0.25) is 14.9 Å². The normalized spacial score (nSPS) is 10.9. The van der Waals surface area contributed by atoms with E-state index in [2.05, 4.69) is 18.9 Å². The molecule has 0 bridgehead atoms. The Balaban J connectivity index is 2.41. The van der Waals surface area contributed by atoms with E-state index in [-0.39, 0.29) is 17.5 Å². The van der Waals surface area contributed by atoms with Gasteiger partial charge in [0.15, 0.2) is 0 Å². The van der Waals surface area contributed by atoms with Gasteiger partial charge in [-0.05, 0) is 37.5 Å². The molecule has 1 aromatic heterocycles. The van der Waals surface area contributed by atoms with Crippen molar-refractivity contribution in [2.45, 2.75) is 33.6 Å². The smallest absolute Gasteiger partial charge is 0.267 e. The third kappa shape index (κ3) is 2.69. The van der Waals surface area contributed by atoms with Crippen molar-refractivity contribution in [3.63, 3.8) is 0 Å². The van der Waals surface area contributed by atoms with Crippen LogP contribution in [0.25, 0.3) is 0 Å². The van der Waals surface area contributed by atoms with E-state index in [1.807, 2.05) is 13.8 Å². The average molecular weight is 287 g/mol. The van der Waals surface area contributed by atoms with Crippen LogP contribution < -0.4 is 0 Å². The number of aromatic nitrogens is 2. The highest BCUT2D eigenvalue weighted by atomic mass is 16.6. The molecule has 1 heterocycles. The molecule has 6 nitrogen and oxygen atoms in total. The number of aryl methyl sites for hydroxylation is 1. The van der Waals surface area contributed by atoms with Gasteiger partial charge in [0, 0.05) is 23.4 Å². The van der Waals surface area contributed by atoms with Crippen LogP contribution in [-0.2, 0) is 0 Å². The summed E-state index contributed by atoms with van der Waals surface area (Å²) in [5.41, 5.74) is 3.04. The molecule has 0 spiro atoms. The van der Waals surface area contributed by atoms with Crippen LogP contribution in [0.5, 0.6) is 0 Å². The third-order valence-corrected chi connectivity index (χ3v) is 3.44. The maximum absolute atomic E-state index is 12.5. The van der Waals surface area contributed by atoms with E-state index < -0.39 is 4.92 Å². The second-order valence-corrected chi connectivity index (χ2v) is 5.26. The van der Waals surface area contributed by atoms with Crippen molar-refractivity contribution in [2.24, 2.45) is 0 Å². The lowest BCUT2D eigenvalue weighted by Crippen LogP contribution is -2.15. The van der Waals surface area contributed by atoms with Crippen LogP contribution in [0.1, 0.15) is 47.1 Å². The van der Waals surface area contributed by atoms with Gasteiger partial charge in [0.2, 0.25) is 0 Å². The summed E-state index contributed by atoms with van der Waals surface area (Å²) in [6.07, 6.45) is 0.